The predicted molar refractivity (Wildman–Crippen MR) is 127 cm³/mol. The van der Waals surface area contributed by atoms with E-state index in [4.69, 9.17) is 0 Å². The average molecular weight is 453 g/mol. The van der Waals surface area contributed by atoms with E-state index in [2.05, 4.69) is 6.92 Å². The molecule has 0 nitrogen and oxygen atoms in total. The van der Waals surface area contributed by atoms with Crippen LogP contribution in [0, 0.1) is 23.3 Å². The molecule has 0 radical (unpaired) electrons. The molecular formula is C29H28F4. The Labute approximate surface area is 193 Å². The van der Waals surface area contributed by atoms with Gasteiger partial charge in [-0.3, -0.25) is 0 Å². The molecule has 4 rings (SSSR count). The zero-order chi connectivity index (χ0) is 23.5. The molecule has 0 atom stereocenters. The van der Waals surface area contributed by atoms with Gasteiger partial charge in [0.15, 0.2) is 11.6 Å². The number of benzene rings is 3. The van der Waals surface area contributed by atoms with Crippen LogP contribution in [0.5, 0.6) is 0 Å². The Hall–Kier alpha value is -2.88. The third-order valence-electron chi connectivity index (χ3n) is 6.50. The highest BCUT2D eigenvalue weighted by atomic mass is 19.2. The summed E-state index contributed by atoms with van der Waals surface area (Å²) >= 11 is 0. The van der Waals surface area contributed by atoms with E-state index >= 15 is 0 Å². The minimum atomic E-state index is -1.03. The summed E-state index contributed by atoms with van der Waals surface area (Å²) in [5.74, 6) is -2.84. The van der Waals surface area contributed by atoms with E-state index in [9.17, 15) is 17.6 Å². The Kier molecular flexibility index (Phi) is 7.02. The van der Waals surface area contributed by atoms with Crippen molar-refractivity contribution < 1.29 is 17.6 Å². The average Bonchev–Trinajstić information content (AvgIpc) is 2.80. The lowest BCUT2D eigenvalue weighted by molar-refractivity contribution is 0.501. The Bertz CT molecular complexity index is 1210. The van der Waals surface area contributed by atoms with Crippen molar-refractivity contribution in [3.63, 3.8) is 0 Å². The number of halogens is 4. The van der Waals surface area contributed by atoms with Gasteiger partial charge in [-0.05, 0) is 78.1 Å². The maximum absolute atomic E-state index is 15.0. The molecule has 33 heavy (non-hydrogen) atoms. The zero-order valence-electron chi connectivity index (χ0n) is 19.1. The molecule has 0 unspecified atom stereocenters. The first-order chi connectivity index (χ1) is 15.9. The molecule has 3 aromatic carbocycles. The van der Waals surface area contributed by atoms with Crippen LogP contribution in [0.1, 0.15) is 67.3 Å². The summed E-state index contributed by atoms with van der Waals surface area (Å²) in [4.78, 5) is 0. The highest BCUT2D eigenvalue weighted by Crippen LogP contribution is 2.36. The molecule has 0 saturated heterocycles. The second-order valence-corrected chi connectivity index (χ2v) is 8.73. The van der Waals surface area contributed by atoms with Gasteiger partial charge in [-0.1, -0.05) is 57.0 Å². The molecule has 4 heteroatoms. The lowest BCUT2D eigenvalue weighted by Gasteiger charge is -2.19. The van der Waals surface area contributed by atoms with Crippen molar-refractivity contribution in [3.05, 3.63) is 93.6 Å². The largest absolute Gasteiger partial charge is 0.206 e. The molecule has 172 valence electrons. The van der Waals surface area contributed by atoms with Crippen LogP contribution >= 0.6 is 0 Å². The fourth-order valence-electron chi connectivity index (χ4n) is 4.56. The predicted octanol–water partition coefficient (Wildman–Crippen LogP) is 8.69. The van der Waals surface area contributed by atoms with E-state index in [1.54, 1.807) is 25.1 Å². The Balaban J connectivity index is 1.65. The van der Waals surface area contributed by atoms with Gasteiger partial charge in [0.05, 0.1) is 0 Å². The Morgan fingerprint density at radius 3 is 2.21 bits per heavy atom. The molecule has 0 fully saturated rings. The second kappa shape index (κ2) is 9.94. The molecule has 0 amide bonds. The van der Waals surface area contributed by atoms with Crippen LogP contribution in [0.2, 0.25) is 0 Å². The highest BCUT2D eigenvalue weighted by Gasteiger charge is 2.21. The van der Waals surface area contributed by atoms with Crippen LogP contribution in [0.4, 0.5) is 17.6 Å². The Morgan fingerprint density at radius 2 is 1.48 bits per heavy atom. The van der Waals surface area contributed by atoms with Gasteiger partial charge in [-0.2, -0.15) is 0 Å². The lowest BCUT2D eigenvalue weighted by Crippen LogP contribution is -2.04. The standard InChI is InChI=1S/C29H28F4/c1-3-5-6-7-18-8-12-23(26(30)14-18)21-10-9-20-16-25(27(31)17-22(20)15-21)24-13-11-19(4-2)28(32)29(24)33/h8,11-17H,3-7,9-10H2,1-2H3. The lowest BCUT2D eigenvalue weighted by atomic mass is 9.86. The number of aryl methyl sites for hydroxylation is 3. The van der Waals surface area contributed by atoms with Crippen LogP contribution in [0.15, 0.2) is 42.5 Å². The van der Waals surface area contributed by atoms with Crippen molar-refractivity contribution in [2.24, 2.45) is 0 Å². The van der Waals surface area contributed by atoms with Gasteiger partial charge in [0, 0.05) is 16.7 Å². The number of fused-ring (bicyclic) bond motifs is 1. The first kappa shape index (κ1) is 23.3. The first-order valence-electron chi connectivity index (χ1n) is 11.7. The topological polar surface area (TPSA) is 0 Å². The van der Waals surface area contributed by atoms with E-state index in [0.29, 0.717) is 30.4 Å². The number of hydrogen-bond donors (Lipinski definition) is 0. The molecular weight excluding hydrogens is 424 g/mol. The summed E-state index contributed by atoms with van der Waals surface area (Å²) in [6.45, 7) is 3.88. The van der Waals surface area contributed by atoms with Crippen LogP contribution in [-0.4, -0.2) is 0 Å². The molecule has 0 spiro atoms. The SMILES string of the molecule is CCCCCc1ccc(C2=Cc3cc(F)c(-c4ccc(CC)c(F)c4F)cc3CC2)c(F)c1. The fourth-order valence-corrected chi connectivity index (χ4v) is 4.56. The summed E-state index contributed by atoms with van der Waals surface area (Å²) < 4.78 is 58.7. The van der Waals surface area contributed by atoms with Crippen molar-refractivity contribution in [1.29, 1.82) is 0 Å². The minimum Gasteiger partial charge on any atom is -0.206 e. The van der Waals surface area contributed by atoms with Gasteiger partial charge in [0.1, 0.15) is 11.6 Å². The van der Waals surface area contributed by atoms with Gasteiger partial charge in [-0.15, -0.1) is 0 Å². The minimum absolute atomic E-state index is 0.0484. The van der Waals surface area contributed by atoms with E-state index in [1.165, 1.54) is 18.2 Å². The maximum Gasteiger partial charge on any atom is 0.167 e. The van der Waals surface area contributed by atoms with Gasteiger partial charge < -0.3 is 0 Å². The summed E-state index contributed by atoms with van der Waals surface area (Å²) in [6, 6.07) is 11.2. The van der Waals surface area contributed by atoms with Crippen molar-refractivity contribution in [1.82, 2.24) is 0 Å². The van der Waals surface area contributed by atoms with Gasteiger partial charge in [0.2, 0.25) is 0 Å². The third-order valence-corrected chi connectivity index (χ3v) is 6.50. The molecule has 1 aliphatic rings. The molecule has 0 saturated carbocycles. The number of allylic oxidation sites excluding steroid dienone is 1. The van der Waals surface area contributed by atoms with Gasteiger partial charge in [-0.25, -0.2) is 17.6 Å². The Morgan fingerprint density at radius 1 is 0.727 bits per heavy atom. The van der Waals surface area contributed by atoms with E-state index in [-0.39, 0.29) is 22.5 Å². The molecule has 0 aliphatic heterocycles. The van der Waals surface area contributed by atoms with Gasteiger partial charge >= 0.3 is 0 Å². The number of unbranched alkanes of at least 4 members (excludes halogenated alkanes) is 2. The summed E-state index contributed by atoms with van der Waals surface area (Å²) in [5.41, 5.74) is 4.06. The summed E-state index contributed by atoms with van der Waals surface area (Å²) in [6.07, 6.45) is 7.47. The van der Waals surface area contributed by atoms with E-state index < -0.39 is 17.5 Å². The van der Waals surface area contributed by atoms with Gasteiger partial charge in [0.25, 0.3) is 0 Å². The van der Waals surface area contributed by atoms with E-state index in [1.807, 2.05) is 12.1 Å². The van der Waals surface area contributed by atoms with Crippen molar-refractivity contribution in [3.8, 4) is 11.1 Å². The fraction of sp³-hybridized carbons (Fsp3) is 0.310. The highest BCUT2D eigenvalue weighted by molar-refractivity contribution is 5.85. The molecule has 3 aromatic rings. The monoisotopic (exact) mass is 452 g/mol. The quantitative estimate of drug-likeness (QED) is 0.248. The smallest absolute Gasteiger partial charge is 0.167 e. The van der Waals surface area contributed by atoms with Crippen LogP contribution in [-0.2, 0) is 19.3 Å². The number of hydrogen-bond acceptors (Lipinski definition) is 0. The maximum atomic E-state index is 15.0. The third kappa shape index (κ3) is 4.75. The first-order valence-corrected chi connectivity index (χ1v) is 11.7. The van der Waals surface area contributed by atoms with E-state index in [0.717, 1.165) is 42.4 Å². The molecule has 1 aliphatic carbocycles. The van der Waals surface area contributed by atoms with Crippen LogP contribution < -0.4 is 0 Å². The summed E-state index contributed by atoms with van der Waals surface area (Å²) in [7, 11) is 0. The molecule has 0 aromatic heterocycles. The van der Waals surface area contributed by atoms with Crippen molar-refractivity contribution >= 4 is 11.6 Å². The molecule has 0 N–H and O–H groups in total. The van der Waals surface area contributed by atoms with Crippen molar-refractivity contribution in [2.45, 2.75) is 58.8 Å². The number of rotatable bonds is 7. The second-order valence-electron chi connectivity index (χ2n) is 8.73. The van der Waals surface area contributed by atoms with Crippen molar-refractivity contribution in [2.75, 3.05) is 0 Å². The zero-order valence-corrected chi connectivity index (χ0v) is 19.1. The molecule has 0 bridgehead atoms. The van der Waals surface area contributed by atoms with Crippen LogP contribution in [0.3, 0.4) is 0 Å². The summed E-state index contributed by atoms with van der Waals surface area (Å²) in [5, 5.41) is 0. The molecule has 0 heterocycles. The van der Waals surface area contributed by atoms with Crippen LogP contribution in [0.25, 0.3) is 22.8 Å². The normalized spacial score (nSPS) is 13.1.